The summed E-state index contributed by atoms with van der Waals surface area (Å²) in [6, 6.07) is 7.29. The fraction of sp³-hybridized carbons (Fsp3) is 0.467. The first-order valence-corrected chi connectivity index (χ1v) is 7.43. The molecule has 0 saturated carbocycles. The number of hydrogen-bond donors (Lipinski definition) is 2. The number of nitrogens with zero attached hydrogens (tertiary/aromatic N) is 2. The third kappa shape index (κ3) is 3.82. The minimum Gasteiger partial charge on any atom is -0.350 e. The number of amides is 1. The molecule has 1 aromatic carbocycles. The average Bonchev–Trinajstić information content (AvgIpc) is 3.09. The molecule has 23 heavy (non-hydrogen) atoms. The van der Waals surface area contributed by atoms with E-state index in [1.165, 1.54) is 4.90 Å². The first kappa shape index (κ1) is 15.8. The molecule has 0 bridgehead atoms. The highest BCUT2D eigenvalue weighted by atomic mass is 19.4. The number of para-hydroxylation sites is 1. The normalized spacial score (nSPS) is 19.3. The predicted octanol–water partition coefficient (Wildman–Crippen LogP) is 2.18. The maximum Gasteiger partial charge on any atom is 0.401 e. The van der Waals surface area contributed by atoms with E-state index in [9.17, 15) is 18.0 Å². The van der Waals surface area contributed by atoms with Gasteiger partial charge in [-0.3, -0.25) is 14.8 Å². The number of carbonyl (C=O) groups is 1. The molecule has 1 aliphatic rings. The molecule has 1 amide bonds. The summed E-state index contributed by atoms with van der Waals surface area (Å²) in [4.78, 5) is 13.6. The zero-order valence-electron chi connectivity index (χ0n) is 12.4. The van der Waals surface area contributed by atoms with Crippen LogP contribution >= 0.6 is 0 Å². The lowest BCUT2D eigenvalue weighted by Gasteiger charge is -2.17. The van der Waals surface area contributed by atoms with E-state index in [4.69, 9.17) is 0 Å². The van der Waals surface area contributed by atoms with Crippen molar-refractivity contribution < 1.29 is 18.0 Å². The van der Waals surface area contributed by atoms with Crippen LogP contribution in [0.1, 0.15) is 16.9 Å². The molecule has 2 N–H and O–H groups in total. The van der Waals surface area contributed by atoms with E-state index in [0.717, 1.165) is 10.9 Å². The SMILES string of the molecule is O=C(NC[C@@H]1CCN(CC(F)(F)F)C1)c1n[nH]c2ccccc12. The van der Waals surface area contributed by atoms with Crippen molar-refractivity contribution in [2.75, 3.05) is 26.2 Å². The van der Waals surface area contributed by atoms with Crippen LogP contribution in [0.5, 0.6) is 0 Å². The van der Waals surface area contributed by atoms with Gasteiger partial charge in [0.15, 0.2) is 5.69 Å². The second-order valence-corrected chi connectivity index (χ2v) is 5.83. The van der Waals surface area contributed by atoms with Crippen LogP contribution in [0.2, 0.25) is 0 Å². The van der Waals surface area contributed by atoms with Crippen LogP contribution in [0.15, 0.2) is 24.3 Å². The summed E-state index contributed by atoms with van der Waals surface area (Å²) < 4.78 is 37.1. The van der Waals surface area contributed by atoms with Crippen molar-refractivity contribution in [2.24, 2.45) is 5.92 Å². The number of halogens is 3. The number of rotatable bonds is 4. The molecule has 1 atom stereocenters. The third-order valence-corrected chi connectivity index (χ3v) is 4.01. The number of alkyl halides is 3. The van der Waals surface area contributed by atoms with E-state index in [2.05, 4.69) is 15.5 Å². The second kappa shape index (κ2) is 6.19. The Morgan fingerprint density at radius 2 is 2.17 bits per heavy atom. The smallest absolute Gasteiger partial charge is 0.350 e. The average molecular weight is 326 g/mol. The molecule has 0 aliphatic carbocycles. The van der Waals surface area contributed by atoms with Gasteiger partial charge >= 0.3 is 6.18 Å². The van der Waals surface area contributed by atoms with Crippen molar-refractivity contribution in [1.29, 1.82) is 0 Å². The van der Waals surface area contributed by atoms with Gasteiger partial charge in [-0.05, 0) is 24.9 Å². The van der Waals surface area contributed by atoms with Crippen molar-refractivity contribution in [3.8, 4) is 0 Å². The van der Waals surface area contributed by atoms with E-state index in [-0.39, 0.29) is 11.8 Å². The highest BCUT2D eigenvalue weighted by Gasteiger charge is 2.34. The summed E-state index contributed by atoms with van der Waals surface area (Å²) in [7, 11) is 0. The Labute approximate surface area is 130 Å². The molecular formula is C15H17F3N4O. The van der Waals surface area contributed by atoms with Crippen molar-refractivity contribution >= 4 is 16.8 Å². The number of hydrogen-bond acceptors (Lipinski definition) is 3. The number of benzene rings is 1. The Morgan fingerprint density at radius 1 is 1.39 bits per heavy atom. The maximum absolute atomic E-state index is 12.4. The van der Waals surface area contributed by atoms with Gasteiger partial charge in [0.05, 0.1) is 12.1 Å². The van der Waals surface area contributed by atoms with Crippen molar-refractivity contribution in [1.82, 2.24) is 20.4 Å². The number of aromatic amines is 1. The Morgan fingerprint density at radius 3 is 2.96 bits per heavy atom. The minimum absolute atomic E-state index is 0.0338. The fourth-order valence-electron chi connectivity index (χ4n) is 2.93. The summed E-state index contributed by atoms with van der Waals surface area (Å²) in [5, 5.41) is 10.3. The molecule has 1 saturated heterocycles. The lowest BCUT2D eigenvalue weighted by Crippen LogP contribution is -2.34. The summed E-state index contributed by atoms with van der Waals surface area (Å²) >= 11 is 0. The van der Waals surface area contributed by atoms with Crippen LogP contribution in [-0.4, -0.2) is 53.4 Å². The lowest BCUT2D eigenvalue weighted by atomic mass is 10.1. The molecule has 1 aromatic heterocycles. The van der Waals surface area contributed by atoms with Gasteiger partial charge in [0, 0.05) is 18.5 Å². The van der Waals surface area contributed by atoms with Gasteiger partial charge in [-0.25, -0.2) is 0 Å². The lowest BCUT2D eigenvalue weighted by molar-refractivity contribution is -0.143. The maximum atomic E-state index is 12.4. The summed E-state index contributed by atoms with van der Waals surface area (Å²) in [6.45, 7) is 0.225. The largest absolute Gasteiger partial charge is 0.401 e. The Balaban J connectivity index is 1.54. The Hall–Kier alpha value is -2.09. The number of carbonyl (C=O) groups excluding carboxylic acids is 1. The summed E-state index contributed by atoms with van der Waals surface area (Å²) in [6.07, 6.45) is -3.52. The van der Waals surface area contributed by atoms with Gasteiger partial charge in [-0.1, -0.05) is 18.2 Å². The first-order chi connectivity index (χ1) is 10.9. The van der Waals surface area contributed by atoms with Crippen molar-refractivity contribution in [3.63, 3.8) is 0 Å². The van der Waals surface area contributed by atoms with Crippen molar-refractivity contribution in [3.05, 3.63) is 30.0 Å². The third-order valence-electron chi connectivity index (χ3n) is 4.01. The highest BCUT2D eigenvalue weighted by molar-refractivity contribution is 6.04. The molecule has 0 unspecified atom stereocenters. The molecule has 8 heteroatoms. The van der Waals surface area contributed by atoms with Gasteiger partial charge in [0.2, 0.25) is 0 Å². The van der Waals surface area contributed by atoms with Crippen LogP contribution in [-0.2, 0) is 0 Å². The zero-order valence-corrected chi connectivity index (χ0v) is 12.4. The monoisotopic (exact) mass is 326 g/mol. The molecule has 2 heterocycles. The summed E-state index contributed by atoms with van der Waals surface area (Å²) in [5.41, 5.74) is 1.08. The fourth-order valence-corrected chi connectivity index (χ4v) is 2.93. The number of likely N-dealkylation sites (tertiary alicyclic amines) is 1. The zero-order chi connectivity index (χ0) is 16.4. The molecule has 0 spiro atoms. The second-order valence-electron chi connectivity index (χ2n) is 5.83. The Kier molecular flexibility index (Phi) is 4.25. The van der Waals surface area contributed by atoms with E-state index < -0.39 is 12.7 Å². The first-order valence-electron chi connectivity index (χ1n) is 7.43. The van der Waals surface area contributed by atoms with E-state index >= 15 is 0 Å². The predicted molar refractivity (Wildman–Crippen MR) is 79.0 cm³/mol. The molecular weight excluding hydrogens is 309 g/mol. The molecule has 5 nitrogen and oxygen atoms in total. The van der Waals surface area contributed by atoms with E-state index in [1.54, 1.807) is 6.07 Å². The molecule has 1 aliphatic heterocycles. The van der Waals surface area contributed by atoms with Gasteiger partial charge < -0.3 is 5.32 Å². The van der Waals surface area contributed by atoms with Gasteiger partial charge in [0.25, 0.3) is 5.91 Å². The topological polar surface area (TPSA) is 61.0 Å². The molecule has 124 valence electrons. The van der Waals surface area contributed by atoms with Crippen LogP contribution < -0.4 is 5.32 Å². The van der Waals surface area contributed by atoms with Crippen LogP contribution in [0.3, 0.4) is 0 Å². The highest BCUT2D eigenvalue weighted by Crippen LogP contribution is 2.22. The number of fused-ring (bicyclic) bond motifs is 1. The van der Waals surface area contributed by atoms with Crippen molar-refractivity contribution in [2.45, 2.75) is 12.6 Å². The van der Waals surface area contributed by atoms with Gasteiger partial charge in [0.1, 0.15) is 0 Å². The Bertz CT molecular complexity index is 697. The molecule has 0 radical (unpaired) electrons. The minimum atomic E-state index is -4.17. The van der Waals surface area contributed by atoms with Crippen LogP contribution in [0, 0.1) is 5.92 Å². The molecule has 2 aromatic rings. The molecule has 3 rings (SSSR count). The standard InChI is InChI=1S/C15H17F3N4O/c16-15(17,18)9-22-6-5-10(8-22)7-19-14(23)13-11-3-1-2-4-12(11)20-21-13/h1-4,10H,5-9H2,(H,19,23)(H,20,21)/t10-/m0/s1. The number of H-pyrrole nitrogens is 1. The molecule has 1 fully saturated rings. The van der Waals surface area contributed by atoms with Crippen LogP contribution in [0.4, 0.5) is 13.2 Å². The quantitative estimate of drug-likeness (QED) is 0.905. The summed E-state index contributed by atoms with van der Waals surface area (Å²) in [5.74, 6) is -0.275. The number of aromatic nitrogens is 2. The van der Waals surface area contributed by atoms with E-state index in [1.807, 2.05) is 18.2 Å². The van der Waals surface area contributed by atoms with Gasteiger partial charge in [-0.2, -0.15) is 18.3 Å². The van der Waals surface area contributed by atoms with Crippen LogP contribution in [0.25, 0.3) is 10.9 Å². The number of nitrogens with one attached hydrogen (secondary N) is 2. The van der Waals surface area contributed by atoms with E-state index in [0.29, 0.717) is 31.7 Å². The van der Waals surface area contributed by atoms with Gasteiger partial charge in [-0.15, -0.1) is 0 Å².